The second-order valence-electron chi connectivity index (χ2n) is 4.97. The predicted molar refractivity (Wildman–Crippen MR) is 93.6 cm³/mol. The van der Waals surface area contributed by atoms with Crippen LogP contribution in [0.4, 0.5) is 0 Å². The normalized spacial score (nSPS) is 11.0. The van der Waals surface area contributed by atoms with Crippen LogP contribution < -0.4 is 4.74 Å². The first-order chi connectivity index (χ1) is 11.2. The van der Waals surface area contributed by atoms with Gasteiger partial charge in [0.1, 0.15) is 5.75 Å². The third kappa shape index (κ3) is 3.07. The van der Waals surface area contributed by atoms with Crippen molar-refractivity contribution < 1.29 is 4.74 Å². The maximum atomic E-state index is 5.39. The number of aromatic amines is 1. The maximum absolute atomic E-state index is 5.39. The van der Waals surface area contributed by atoms with E-state index >= 15 is 0 Å². The summed E-state index contributed by atoms with van der Waals surface area (Å²) in [7, 11) is 1.63. The van der Waals surface area contributed by atoms with Crippen molar-refractivity contribution in [1.29, 1.82) is 0 Å². The number of rotatable bonds is 4. The Morgan fingerprint density at radius 3 is 2.70 bits per heavy atom. The number of para-hydroxylation sites is 1. The molecule has 0 aliphatic rings. The minimum Gasteiger partial charge on any atom is -0.496 e. The number of aromatic nitrogens is 3. The van der Waals surface area contributed by atoms with E-state index in [4.69, 9.17) is 17.0 Å². The molecule has 0 bridgehead atoms. The summed E-state index contributed by atoms with van der Waals surface area (Å²) >= 11 is 5.29. The third-order valence-electron chi connectivity index (χ3n) is 3.50. The largest absolute Gasteiger partial charge is 0.496 e. The van der Waals surface area contributed by atoms with Gasteiger partial charge in [-0.25, -0.2) is 5.10 Å². The van der Waals surface area contributed by atoms with Gasteiger partial charge in [0.15, 0.2) is 5.82 Å². The fourth-order valence-electron chi connectivity index (χ4n) is 2.25. The number of hydrogen-bond acceptors (Lipinski definition) is 4. The van der Waals surface area contributed by atoms with Crippen molar-refractivity contribution >= 4 is 18.4 Å². The van der Waals surface area contributed by atoms with Gasteiger partial charge in [0.05, 0.1) is 18.9 Å². The van der Waals surface area contributed by atoms with Gasteiger partial charge in [0, 0.05) is 0 Å². The van der Waals surface area contributed by atoms with E-state index in [1.807, 2.05) is 55.5 Å². The van der Waals surface area contributed by atoms with Gasteiger partial charge >= 0.3 is 0 Å². The summed E-state index contributed by atoms with van der Waals surface area (Å²) < 4.78 is 7.42. The molecule has 1 N–H and O–H groups in total. The average Bonchev–Trinajstić information content (AvgIpc) is 2.95. The van der Waals surface area contributed by atoms with Crippen LogP contribution in [-0.4, -0.2) is 28.2 Å². The molecule has 0 aliphatic carbocycles. The Kier molecular flexibility index (Phi) is 4.34. The van der Waals surface area contributed by atoms with Crippen LogP contribution in [0.2, 0.25) is 0 Å². The van der Waals surface area contributed by atoms with E-state index in [9.17, 15) is 0 Å². The maximum Gasteiger partial charge on any atom is 0.216 e. The van der Waals surface area contributed by atoms with Crippen molar-refractivity contribution in [1.82, 2.24) is 14.9 Å². The van der Waals surface area contributed by atoms with Gasteiger partial charge in [0.25, 0.3) is 0 Å². The van der Waals surface area contributed by atoms with E-state index in [2.05, 4.69) is 15.3 Å². The summed E-state index contributed by atoms with van der Waals surface area (Å²) in [5.74, 6) is 1.33. The molecule has 6 heteroatoms. The van der Waals surface area contributed by atoms with Gasteiger partial charge in [-0.2, -0.15) is 14.9 Å². The van der Waals surface area contributed by atoms with Crippen LogP contribution in [0.5, 0.6) is 5.75 Å². The highest BCUT2D eigenvalue weighted by molar-refractivity contribution is 7.71. The summed E-state index contributed by atoms with van der Waals surface area (Å²) in [6.07, 6.45) is 1.78. The molecule has 0 radical (unpaired) electrons. The van der Waals surface area contributed by atoms with Gasteiger partial charge in [-0.1, -0.05) is 36.4 Å². The molecule has 0 spiro atoms. The molecular weight excluding hydrogens is 308 g/mol. The Hall–Kier alpha value is -2.73. The molecule has 1 heterocycles. The van der Waals surface area contributed by atoms with E-state index in [1.165, 1.54) is 0 Å². The second-order valence-corrected chi connectivity index (χ2v) is 5.35. The number of ether oxygens (including phenoxy) is 1. The second kappa shape index (κ2) is 6.58. The van der Waals surface area contributed by atoms with Crippen LogP contribution in [-0.2, 0) is 0 Å². The number of H-pyrrole nitrogens is 1. The molecule has 0 saturated carbocycles. The lowest BCUT2D eigenvalue weighted by Crippen LogP contribution is -1.97. The van der Waals surface area contributed by atoms with Crippen molar-refractivity contribution in [2.45, 2.75) is 6.92 Å². The lowest BCUT2D eigenvalue weighted by molar-refractivity contribution is 0.416. The van der Waals surface area contributed by atoms with Gasteiger partial charge in [-0.15, -0.1) is 0 Å². The van der Waals surface area contributed by atoms with Gasteiger partial charge in [-0.3, -0.25) is 0 Å². The van der Waals surface area contributed by atoms with Crippen molar-refractivity contribution in [3.8, 4) is 17.1 Å². The molecule has 116 valence electrons. The zero-order valence-electron chi connectivity index (χ0n) is 12.9. The fourth-order valence-corrected chi connectivity index (χ4v) is 2.43. The average molecular weight is 324 g/mol. The lowest BCUT2D eigenvalue weighted by Gasteiger charge is -2.07. The Morgan fingerprint density at radius 1 is 1.17 bits per heavy atom. The van der Waals surface area contributed by atoms with Gasteiger partial charge in [0.2, 0.25) is 4.77 Å². The molecule has 0 atom stereocenters. The molecule has 5 nitrogen and oxygen atoms in total. The van der Waals surface area contributed by atoms with Crippen LogP contribution in [0, 0.1) is 11.7 Å². The topological polar surface area (TPSA) is 55.2 Å². The highest BCUT2D eigenvalue weighted by Gasteiger charge is 2.12. The van der Waals surface area contributed by atoms with E-state index in [0.29, 0.717) is 16.3 Å². The Labute approximate surface area is 139 Å². The number of benzene rings is 2. The molecule has 0 saturated heterocycles. The molecular formula is C17H16N4OS. The highest BCUT2D eigenvalue weighted by Crippen LogP contribution is 2.28. The third-order valence-corrected chi connectivity index (χ3v) is 3.76. The molecule has 0 amide bonds. The standard InChI is InChI=1S/C17H16N4OS/c1-12-7-3-4-8-13(12)11-18-21-16(19-20-17(21)23)14-9-5-6-10-15(14)22-2/h3-11H,1-2H3,(H,20,23)/b18-11+. The van der Waals surface area contributed by atoms with Gasteiger partial charge < -0.3 is 4.74 Å². The van der Waals surface area contributed by atoms with Crippen molar-refractivity contribution in [2.24, 2.45) is 5.10 Å². The summed E-state index contributed by atoms with van der Waals surface area (Å²) in [5.41, 5.74) is 3.00. The first-order valence-electron chi connectivity index (χ1n) is 7.11. The zero-order valence-corrected chi connectivity index (χ0v) is 13.7. The summed E-state index contributed by atoms with van der Waals surface area (Å²) in [5, 5.41) is 11.6. The predicted octanol–water partition coefficient (Wildman–Crippen LogP) is 3.81. The Balaban J connectivity index is 2.07. The number of aryl methyl sites for hydroxylation is 1. The molecule has 0 aliphatic heterocycles. The molecule has 2 aromatic carbocycles. The van der Waals surface area contributed by atoms with Gasteiger partial charge in [-0.05, 0) is 42.4 Å². The number of methoxy groups -OCH3 is 1. The first kappa shape index (κ1) is 15.2. The van der Waals surface area contributed by atoms with Crippen LogP contribution in [0.25, 0.3) is 11.4 Å². The van der Waals surface area contributed by atoms with E-state index < -0.39 is 0 Å². The number of nitrogens with one attached hydrogen (secondary N) is 1. The first-order valence-corrected chi connectivity index (χ1v) is 7.52. The number of nitrogens with zero attached hydrogens (tertiary/aromatic N) is 3. The highest BCUT2D eigenvalue weighted by atomic mass is 32.1. The molecule has 3 rings (SSSR count). The molecule has 0 fully saturated rings. The Morgan fingerprint density at radius 2 is 1.91 bits per heavy atom. The van der Waals surface area contributed by atoms with Crippen molar-refractivity contribution in [3.63, 3.8) is 0 Å². The molecule has 23 heavy (non-hydrogen) atoms. The zero-order chi connectivity index (χ0) is 16.2. The summed E-state index contributed by atoms with van der Waals surface area (Å²) in [6, 6.07) is 15.6. The van der Waals surface area contributed by atoms with E-state index in [1.54, 1.807) is 18.0 Å². The lowest BCUT2D eigenvalue weighted by atomic mass is 10.1. The molecule has 0 unspecified atom stereocenters. The van der Waals surface area contributed by atoms with Crippen LogP contribution >= 0.6 is 12.2 Å². The van der Waals surface area contributed by atoms with Crippen LogP contribution in [0.15, 0.2) is 53.6 Å². The number of hydrogen-bond donors (Lipinski definition) is 1. The van der Waals surface area contributed by atoms with E-state index in [0.717, 1.165) is 16.7 Å². The van der Waals surface area contributed by atoms with Crippen molar-refractivity contribution in [3.05, 3.63) is 64.4 Å². The quantitative estimate of drug-likeness (QED) is 0.586. The fraction of sp³-hybridized carbons (Fsp3) is 0.118. The summed E-state index contributed by atoms with van der Waals surface area (Å²) in [4.78, 5) is 0. The summed E-state index contributed by atoms with van der Waals surface area (Å²) in [6.45, 7) is 2.04. The van der Waals surface area contributed by atoms with Crippen LogP contribution in [0.1, 0.15) is 11.1 Å². The minimum atomic E-state index is 0.427. The smallest absolute Gasteiger partial charge is 0.216 e. The SMILES string of the molecule is COc1ccccc1-c1n[nH]c(=S)n1/N=C/c1ccccc1C. The minimum absolute atomic E-state index is 0.427. The van der Waals surface area contributed by atoms with Crippen LogP contribution in [0.3, 0.4) is 0 Å². The Bertz CT molecular complexity index is 911. The van der Waals surface area contributed by atoms with Crippen molar-refractivity contribution in [2.75, 3.05) is 7.11 Å². The van der Waals surface area contributed by atoms with E-state index in [-0.39, 0.29) is 0 Å². The molecule has 1 aromatic heterocycles. The molecule has 3 aromatic rings. The monoisotopic (exact) mass is 324 g/mol.